The number of nitrogens with two attached hydrogens (primary N) is 1. The Balaban J connectivity index is 2.37. The number of halogens is 1. The monoisotopic (exact) mass is 225 g/mol. The fraction of sp³-hybridized carbons (Fsp3) is 0.500. The molecule has 2 nitrogen and oxygen atoms in total. The second kappa shape index (κ2) is 3.39. The molecule has 1 aliphatic rings. The van der Waals surface area contributed by atoms with E-state index >= 15 is 0 Å². The third kappa shape index (κ3) is 1.52. The first-order valence-corrected chi connectivity index (χ1v) is 5.55. The van der Waals surface area contributed by atoms with Crippen LogP contribution in [0.3, 0.4) is 0 Å². The molecule has 0 bridgehead atoms. The first-order chi connectivity index (χ1) is 7.00. The molecule has 2 atom stereocenters. The highest BCUT2D eigenvalue weighted by Gasteiger charge is 2.58. The molecule has 0 amide bonds. The molecule has 82 valence electrons. The normalized spacial score (nSPS) is 27.7. The van der Waals surface area contributed by atoms with Crippen LogP contribution in [0.25, 0.3) is 0 Å². The summed E-state index contributed by atoms with van der Waals surface area (Å²) in [6.07, 6.45) is 0. The van der Waals surface area contributed by atoms with Gasteiger partial charge in [0, 0.05) is 0 Å². The Labute approximate surface area is 95.1 Å². The Morgan fingerprint density at radius 1 is 1.47 bits per heavy atom. The van der Waals surface area contributed by atoms with E-state index in [1.807, 2.05) is 12.1 Å². The highest BCUT2D eigenvalue weighted by molar-refractivity contribution is 6.32. The molecule has 1 fully saturated rings. The average molecular weight is 226 g/mol. The van der Waals surface area contributed by atoms with Crippen molar-refractivity contribution in [1.29, 1.82) is 0 Å². The maximum atomic E-state index is 9.88. The number of hydrogen-bond donors (Lipinski definition) is 2. The van der Waals surface area contributed by atoms with Gasteiger partial charge in [0.05, 0.1) is 5.02 Å². The lowest BCUT2D eigenvalue weighted by Crippen LogP contribution is -2.05. The summed E-state index contributed by atoms with van der Waals surface area (Å²) in [6, 6.07) is 5.51. The standard InChI is InChI=1S/C12H16ClNO/c1-12(2)8(6-14)10(12)7-4-3-5-9(13)11(7)15/h3-5,8,10,15H,6,14H2,1-2H3/t8-,10-/m0/s1. The minimum atomic E-state index is 0.177. The molecule has 0 radical (unpaired) electrons. The number of hydrogen-bond acceptors (Lipinski definition) is 2. The van der Waals surface area contributed by atoms with Gasteiger partial charge in [-0.2, -0.15) is 0 Å². The molecule has 3 heteroatoms. The fourth-order valence-electron chi connectivity index (χ4n) is 2.58. The van der Waals surface area contributed by atoms with Crippen molar-refractivity contribution in [3.63, 3.8) is 0 Å². The van der Waals surface area contributed by atoms with Gasteiger partial charge in [-0.25, -0.2) is 0 Å². The van der Waals surface area contributed by atoms with Crippen molar-refractivity contribution in [2.75, 3.05) is 6.54 Å². The zero-order valence-electron chi connectivity index (χ0n) is 9.00. The number of benzene rings is 1. The van der Waals surface area contributed by atoms with Gasteiger partial charge in [-0.1, -0.05) is 37.6 Å². The maximum Gasteiger partial charge on any atom is 0.137 e. The zero-order valence-corrected chi connectivity index (χ0v) is 9.75. The summed E-state index contributed by atoms with van der Waals surface area (Å²) in [4.78, 5) is 0. The molecule has 0 heterocycles. The predicted octanol–water partition coefficient (Wildman–Crippen LogP) is 2.74. The largest absolute Gasteiger partial charge is 0.506 e. The minimum Gasteiger partial charge on any atom is -0.506 e. The summed E-state index contributed by atoms with van der Waals surface area (Å²) in [7, 11) is 0. The number of phenols is 1. The van der Waals surface area contributed by atoms with Gasteiger partial charge < -0.3 is 10.8 Å². The van der Waals surface area contributed by atoms with Crippen molar-refractivity contribution in [3.05, 3.63) is 28.8 Å². The topological polar surface area (TPSA) is 46.2 Å². The molecule has 1 saturated carbocycles. The molecule has 15 heavy (non-hydrogen) atoms. The molecule has 1 aromatic rings. The second-order valence-electron chi connectivity index (χ2n) is 4.82. The molecular formula is C12H16ClNO. The summed E-state index contributed by atoms with van der Waals surface area (Å²) < 4.78 is 0. The predicted molar refractivity (Wildman–Crippen MR) is 62.2 cm³/mol. The Morgan fingerprint density at radius 3 is 2.67 bits per heavy atom. The van der Waals surface area contributed by atoms with Crippen LogP contribution < -0.4 is 5.73 Å². The first-order valence-electron chi connectivity index (χ1n) is 5.17. The number of rotatable bonds is 2. The highest BCUT2D eigenvalue weighted by Crippen LogP contribution is 2.65. The molecule has 2 rings (SSSR count). The van der Waals surface area contributed by atoms with Crippen LogP contribution in [-0.4, -0.2) is 11.7 Å². The molecular weight excluding hydrogens is 210 g/mol. The summed E-state index contributed by atoms with van der Waals surface area (Å²) >= 11 is 5.89. The SMILES string of the molecule is CC1(C)[C@@H](CN)[C@@H]1c1cccc(Cl)c1O. The molecule has 0 aliphatic heterocycles. The van der Waals surface area contributed by atoms with Crippen molar-refractivity contribution in [2.24, 2.45) is 17.1 Å². The Morgan fingerprint density at radius 2 is 2.13 bits per heavy atom. The smallest absolute Gasteiger partial charge is 0.137 e. The van der Waals surface area contributed by atoms with Crippen molar-refractivity contribution >= 4 is 11.6 Å². The Hall–Kier alpha value is -0.730. The second-order valence-corrected chi connectivity index (χ2v) is 5.23. The van der Waals surface area contributed by atoms with Crippen LogP contribution in [-0.2, 0) is 0 Å². The van der Waals surface area contributed by atoms with Crippen molar-refractivity contribution in [1.82, 2.24) is 0 Å². The lowest BCUT2D eigenvalue weighted by molar-refractivity contribution is 0.464. The van der Waals surface area contributed by atoms with Gasteiger partial charge in [-0.3, -0.25) is 0 Å². The van der Waals surface area contributed by atoms with Gasteiger partial charge >= 0.3 is 0 Å². The van der Waals surface area contributed by atoms with Crippen LogP contribution in [0.4, 0.5) is 0 Å². The van der Waals surface area contributed by atoms with E-state index in [9.17, 15) is 5.11 Å². The molecule has 0 saturated heterocycles. The van der Waals surface area contributed by atoms with E-state index in [-0.39, 0.29) is 11.2 Å². The molecule has 0 aromatic heterocycles. The van der Waals surface area contributed by atoms with Crippen LogP contribution in [0.15, 0.2) is 18.2 Å². The number of para-hydroxylation sites is 1. The van der Waals surface area contributed by atoms with E-state index in [4.69, 9.17) is 17.3 Å². The van der Waals surface area contributed by atoms with E-state index in [0.717, 1.165) is 5.56 Å². The molecule has 1 aliphatic carbocycles. The van der Waals surface area contributed by atoms with E-state index in [1.54, 1.807) is 6.07 Å². The first kappa shape index (κ1) is 10.8. The third-order valence-electron chi connectivity index (χ3n) is 3.66. The third-order valence-corrected chi connectivity index (χ3v) is 3.96. The quantitative estimate of drug-likeness (QED) is 0.813. The van der Waals surface area contributed by atoms with Crippen molar-refractivity contribution < 1.29 is 5.11 Å². The van der Waals surface area contributed by atoms with E-state index in [1.165, 1.54) is 0 Å². The van der Waals surface area contributed by atoms with Crippen LogP contribution in [0, 0.1) is 11.3 Å². The maximum absolute atomic E-state index is 9.88. The van der Waals surface area contributed by atoms with Crippen molar-refractivity contribution in [2.45, 2.75) is 19.8 Å². The Bertz CT molecular complexity index is 389. The van der Waals surface area contributed by atoms with Gasteiger partial charge in [-0.05, 0) is 35.4 Å². The lowest BCUT2D eigenvalue weighted by Gasteiger charge is -2.06. The summed E-state index contributed by atoms with van der Waals surface area (Å²) in [5.41, 5.74) is 6.82. The van der Waals surface area contributed by atoms with Crippen molar-refractivity contribution in [3.8, 4) is 5.75 Å². The lowest BCUT2D eigenvalue weighted by atomic mass is 10.0. The fourth-order valence-corrected chi connectivity index (χ4v) is 2.77. The van der Waals surface area contributed by atoms with Gasteiger partial charge in [0.15, 0.2) is 0 Å². The summed E-state index contributed by atoms with van der Waals surface area (Å²) in [5.74, 6) is 0.997. The van der Waals surface area contributed by atoms with Gasteiger partial charge in [0.2, 0.25) is 0 Å². The molecule has 0 unspecified atom stereocenters. The van der Waals surface area contributed by atoms with E-state index in [0.29, 0.717) is 23.4 Å². The van der Waals surface area contributed by atoms with Gasteiger partial charge in [-0.15, -0.1) is 0 Å². The van der Waals surface area contributed by atoms with E-state index in [2.05, 4.69) is 13.8 Å². The minimum absolute atomic E-state index is 0.177. The number of phenolic OH excluding ortho intramolecular Hbond substituents is 1. The van der Waals surface area contributed by atoms with Crippen LogP contribution in [0.5, 0.6) is 5.75 Å². The molecule has 0 spiro atoms. The average Bonchev–Trinajstić information content (AvgIpc) is 2.73. The molecule has 1 aromatic carbocycles. The Kier molecular flexibility index (Phi) is 2.44. The molecule has 3 N–H and O–H groups in total. The zero-order chi connectivity index (χ0) is 11.2. The summed E-state index contributed by atoms with van der Waals surface area (Å²) in [6.45, 7) is 5.01. The van der Waals surface area contributed by atoms with Gasteiger partial charge in [0.1, 0.15) is 5.75 Å². The van der Waals surface area contributed by atoms with E-state index < -0.39 is 0 Å². The number of aromatic hydroxyl groups is 1. The van der Waals surface area contributed by atoms with Crippen LogP contribution >= 0.6 is 11.6 Å². The van der Waals surface area contributed by atoms with Gasteiger partial charge in [0.25, 0.3) is 0 Å². The van der Waals surface area contributed by atoms with Crippen LogP contribution in [0.1, 0.15) is 25.3 Å². The van der Waals surface area contributed by atoms with Crippen LogP contribution in [0.2, 0.25) is 5.02 Å². The highest BCUT2D eigenvalue weighted by atomic mass is 35.5. The summed E-state index contributed by atoms with van der Waals surface area (Å²) in [5, 5.41) is 10.3.